The lowest BCUT2D eigenvalue weighted by molar-refractivity contribution is -0.129. The third-order valence-electron chi connectivity index (χ3n) is 3.68. The summed E-state index contributed by atoms with van der Waals surface area (Å²) in [5.74, 6) is -0.320. The largest absolute Gasteiger partial charge is 0.389 e. The number of pyridine rings is 1. The second-order valence-electron chi connectivity index (χ2n) is 5.27. The second-order valence-corrected chi connectivity index (χ2v) is 5.27. The lowest BCUT2D eigenvalue weighted by atomic mass is 10.2. The van der Waals surface area contributed by atoms with Gasteiger partial charge in [-0.2, -0.15) is 0 Å². The first kappa shape index (κ1) is 14.4. The smallest absolute Gasteiger partial charge is 0.254 e. The Morgan fingerprint density at radius 2 is 2.00 bits per heavy atom. The highest BCUT2D eigenvalue weighted by Crippen LogP contribution is 2.11. The summed E-state index contributed by atoms with van der Waals surface area (Å²) in [4.78, 5) is 27.1. The highest BCUT2D eigenvalue weighted by molar-refractivity contribution is 5.95. The fraction of sp³-hybridized carbons (Fsp3) is 0.462. The van der Waals surface area contributed by atoms with Gasteiger partial charge in [0.15, 0.2) is 5.65 Å². The number of tetrazole rings is 1. The van der Waals surface area contributed by atoms with E-state index in [1.165, 1.54) is 11.4 Å². The van der Waals surface area contributed by atoms with Crippen molar-refractivity contribution in [2.45, 2.75) is 13.0 Å². The molecule has 0 saturated carbocycles. The minimum atomic E-state index is -0.756. The van der Waals surface area contributed by atoms with Crippen molar-refractivity contribution in [1.29, 1.82) is 0 Å². The summed E-state index contributed by atoms with van der Waals surface area (Å²) in [6.07, 6.45) is 0.854. The maximum atomic E-state index is 12.6. The molecule has 9 nitrogen and oxygen atoms in total. The van der Waals surface area contributed by atoms with Gasteiger partial charge in [0.2, 0.25) is 5.91 Å². The highest BCUT2D eigenvalue weighted by Gasteiger charge is 2.26. The van der Waals surface area contributed by atoms with Gasteiger partial charge in [-0.25, -0.2) is 4.52 Å². The molecule has 0 bridgehead atoms. The van der Waals surface area contributed by atoms with Crippen LogP contribution < -0.4 is 0 Å². The Hall–Kier alpha value is -2.55. The van der Waals surface area contributed by atoms with Crippen molar-refractivity contribution in [2.24, 2.45) is 0 Å². The van der Waals surface area contributed by atoms with Crippen molar-refractivity contribution in [3.05, 3.63) is 23.9 Å². The maximum Gasteiger partial charge on any atom is 0.254 e. The summed E-state index contributed by atoms with van der Waals surface area (Å²) in [6, 6.07) is 3.23. The molecule has 1 fully saturated rings. The molecule has 9 heteroatoms. The molecule has 0 aliphatic carbocycles. The van der Waals surface area contributed by atoms with Gasteiger partial charge in [-0.15, -0.1) is 5.10 Å². The van der Waals surface area contributed by atoms with Crippen LogP contribution in [0, 0.1) is 0 Å². The van der Waals surface area contributed by atoms with Crippen LogP contribution in [0.1, 0.15) is 17.3 Å². The predicted molar refractivity (Wildman–Crippen MR) is 74.9 cm³/mol. The van der Waals surface area contributed by atoms with Gasteiger partial charge in [0.25, 0.3) is 5.91 Å². The average Bonchev–Trinajstić information content (AvgIpc) is 2.87. The number of fused-ring (bicyclic) bond motifs is 1. The number of β-amino-alcohol motifs (C(OH)–C–C–N with tert-alkyl or cyclic N) is 1. The maximum absolute atomic E-state index is 12.6. The molecular weight excluding hydrogens is 288 g/mol. The van der Waals surface area contributed by atoms with E-state index in [4.69, 9.17) is 0 Å². The Bertz CT molecular complexity index is 715. The van der Waals surface area contributed by atoms with Crippen LogP contribution in [0.5, 0.6) is 0 Å². The lowest BCUT2D eigenvalue weighted by Gasteiger charge is -2.21. The Balaban J connectivity index is 1.80. The van der Waals surface area contributed by atoms with E-state index in [1.54, 1.807) is 28.1 Å². The van der Waals surface area contributed by atoms with E-state index in [1.807, 2.05) is 0 Å². The molecule has 0 spiro atoms. The number of rotatable bonds is 1. The Kier molecular flexibility index (Phi) is 3.72. The first-order valence-electron chi connectivity index (χ1n) is 6.95. The van der Waals surface area contributed by atoms with Crippen molar-refractivity contribution in [3.63, 3.8) is 0 Å². The molecule has 1 atom stereocenters. The molecule has 0 aromatic carbocycles. The van der Waals surface area contributed by atoms with E-state index in [0.717, 1.165) is 0 Å². The van der Waals surface area contributed by atoms with Crippen LogP contribution in [0.4, 0.5) is 0 Å². The number of carbonyl (C=O) groups is 2. The number of aliphatic hydroxyl groups is 1. The van der Waals surface area contributed by atoms with Crippen LogP contribution in [0.3, 0.4) is 0 Å². The first-order valence-corrected chi connectivity index (χ1v) is 6.95. The van der Waals surface area contributed by atoms with Crippen LogP contribution in [0.25, 0.3) is 5.65 Å². The molecule has 2 aromatic rings. The lowest BCUT2D eigenvalue weighted by Crippen LogP contribution is -2.37. The van der Waals surface area contributed by atoms with Crippen LogP contribution in [0.2, 0.25) is 0 Å². The average molecular weight is 304 g/mol. The summed E-state index contributed by atoms with van der Waals surface area (Å²) in [7, 11) is 0. The zero-order valence-electron chi connectivity index (χ0n) is 12.1. The van der Waals surface area contributed by atoms with E-state index in [9.17, 15) is 14.7 Å². The molecule has 0 radical (unpaired) electrons. The zero-order valence-corrected chi connectivity index (χ0v) is 12.1. The fourth-order valence-electron chi connectivity index (χ4n) is 2.52. The standard InChI is InChI=1S/C13H16N6O3/c1-9(20)17-4-5-18(8-11(21)7-17)13(22)10-2-3-19-12(6-10)14-15-16-19/h2-3,6,11,21H,4-5,7-8H2,1H3. The molecule has 1 unspecified atom stereocenters. The molecule has 2 aromatic heterocycles. The quantitative estimate of drug-likeness (QED) is 0.709. The Labute approximate surface area is 126 Å². The molecule has 1 saturated heterocycles. The summed E-state index contributed by atoms with van der Waals surface area (Å²) in [5.41, 5.74) is 0.928. The fourth-order valence-corrected chi connectivity index (χ4v) is 2.52. The first-order chi connectivity index (χ1) is 10.5. The van der Waals surface area contributed by atoms with Crippen LogP contribution in [-0.4, -0.2) is 79.0 Å². The molecule has 1 aliphatic rings. The Morgan fingerprint density at radius 1 is 1.27 bits per heavy atom. The zero-order chi connectivity index (χ0) is 15.7. The van der Waals surface area contributed by atoms with Gasteiger partial charge < -0.3 is 14.9 Å². The van der Waals surface area contributed by atoms with Crippen molar-refractivity contribution in [1.82, 2.24) is 29.8 Å². The van der Waals surface area contributed by atoms with Crippen molar-refractivity contribution < 1.29 is 14.7 Å². The number of nitrogens with zero attached hydrogens (tertiary/aromatic N) is 6. The summed E-state index contributed by atoms with van der Waals surface area (Å²) < 4.78 is 1.46. The van der Waals surface area contributed by atoms with Crippen molar-refractivity contribution in [2.75, 3.05) is 26.2 Å². The monoisotopic (exact) mass is 304 g/mol. The van der Waals surface area contributed by atoms with Gasteiger partial charge in [0.1, 0.15) is 0 Å². The Morgan fingerprint density at radius 3 is 2.77 bits per heavy atom. The number of carbonyl (C=O) groups excluding carboxylic acids is 2. The predicted octanol–water partition coefficient (Wildman–Crippen LogP) is -1.21. The normalized spacial score (nSPS) is 19.3. The molecule has 1 N–H and O–H groups in total. The third kappa shape index (κ3) is 2.75. The highest BCUT2D eigenvalue weighted by atomic mass is 16.3. The number of aromatic nitrogens is 4. The van der Waals surface area contributed by atoms with Gasteiger partial charge in [0.05, 0.1) is 6.10 Å². The van der Waals surface area contributed by atoms with Crippen LogP contribution in [-0.2, 0) is 4.79 Å². The number of aliphatic hydroxyl groups excluding tert-OH is 1. The summed E-state index contributed by atoms with van der Waals surface area (Å²) in [5, 5.41) is 21.1. The number of hydrogen-bond acceptors (Lipinski definition) is 6. The van der Waals surface area contributed by atoms with Crippen molar-refractivity contribution in [3.8, 4) is 0 Å². The van der Waals surface area contributed by atoms with Gasteiger partial charge in [0, 0.05) is 44.9 Å². The molecule has 3 heterocycles. The summed E-state index contributed by atoms with van der Waals surface area (Å²) >= 11 is 0. The van der Waals surface area contributed by atoms with E-state index in [-0.39, 0.29) is 24.9 Å². The van der Waals surface area contributed by atoms with E-state index in [0.29, 0.717) is 24.3 Å². The third-order valence-corrected chi connectivity index (χ3v) is 3.68. The SMILES string of the molecule is CC(=O)N1CCN(C(=O)c2ccn3nnnc3c2)CC(O)C1. The van der Waals surface area contributed by atoms with Gasteiger partial charge >= 0.3 is 0 Å². The molecule has 2 amide bonds. The van der Waals surface area contributed by atoms with Gasteiger partial charge in [-0.05, 0) is 22.6 Å². The molecule has 22 heavy (non-hydrogen) atoms. The van der Waals surface area contributed by atoms with Gasteiger partial charge in [-0.1, -0.05) is 0 Å². The summed E-state index contributed by atoms with van der Waals surface area (Å²) in [6.45, 7) is 2.68. The number of hydrogen-bond donors (Lipinski definition) is 1. The van der Waals surface area contributed by atoms with Crippen LogP contribution >= 0.6 is 0 Å². The molecule has 116 valence electrons. The van der Waals surface area contributed by atoms with E-state index >= 15 is 0 Å². The van der Waals surface area contributed by atoms with Crippen molar-refractivity contribution >= 4 is 17.5 Å². The minimum Gasteiger partial charge on any atom is -0.389 e. The van der Waals surface area contributed by atoms with Crippen LogP contribution in [0.15, 0.2) is 18.3 Å². The van der Waals surface area contributed by atoms with E-state index < -0.39 is 6.10 Å². The molecular formula is C13H16N6O3. The number of amides is 2. The topological polar surface area (TPSA) is 104 Å². The second kappa shape index (κ2) is 5.68. The molecule has 3 rings (SSSR count). The van der Waals surface area contributed by atoms with Gasteiger partial charge in [-0.3, -0.25) is 9.59 Å². The van der Waals surface area contributed by atoms with E-state index in [2.05, 4.69) is 15.5 Å². The molecule has 1 aliphatic heterocycles. The minimum absolute atomic E-state index is 0.107.